The number of hydrogen-bond donors (Lipinski definition) is 1. The molecule has 2 aliphatic heterocycles. The van der Waals surface area contributed by atoms with Crippen molar-refractivity contribution in [2.24, 2.45) is 0 Å². The van der Waals surface area contributed by atoms with Gasteiger partial charge in [-0.25, -0.2) is 0 Å². The van der Waals surface area contributed by atoms with Gasteiger partial charge in [-0.1, -0.05) is 41.9 Å². The van der Waals surface area contributed by atoms with Gasteiger partial charge in [0.25, 0.3) is 5.91 Å². The zero-order chi connectivity index (χ0) is 34.7. The summed E-state index contributed by atoms with van der Waals surface area (Å²) in [5.74, 6) is -2.05. The molecule has 3 heterocycles. The van der Waals surface area contributed by atoms with E-state index in [0.29, 0.717) is 44.2 Å². The molecule has 0 radical (unpaired) electrons. The maximum Gasteiger partial charge on any atom is 0.573 e. The second kappa shape index (κ2) is 14.2. The van der Waals surface area contributed by atoms with Gasteiger partial charge in [-0.05, 0) is 53.9 Å². The highest BCUT2D eigenvalue weighted by atomic mass is 35.5. The van der Waals surface area contributed by atoms with Crippen molar-refractivity contribution >= 4 is 46.0 Å². The maximum absolute atomic E-state index is 14.0. The molecule has 0 bridgehead atoms. The molecule has 0 saturated carbocycles. The van der Waals surface area contributed by atoms with Gasteiger partial charge >= 0.3 is 6.36 Å². The number of piperazine rings is 1. The molecular formula is C35H32ClF3N4O6. The second-order valence-electron chi connectivity index (χ2n) is 11.9. The summed E-state index contributed by atoms with van der Waals surface area (Å²) in [5.41, 5.74) is 1.88. The van der Waals surface area contributed by atoms with E-state index in [1.807, 2.05) is 29.2 Å². The molecule has 1 N–H and O–H groups in total. The largest absolute Gasteiger partial charge is 0.573 e. The van der Waals surface area contributed by atoms with Gasteiger partial charge in [0.05, 0.1) is 5.39 Å². The van der Waals surface area contributed by atoms with Gasteiger partial charge in [0.1, 0.15) is 17.4 Å². The summed E-state index contributed by atoms with van der Waals surface area (Å²) in [6.45, 7) is 3.05. The van der Waals surface area contributed by atoms with Crippen molar-refractivity contribution in [3.8, 4) is 5.75 Å². The van der Waals surface area contributed by atoms with Crippen molar-refractivity contribution in [1.29, 1.82) is 0 Å². The van der Waals surface area contributed by atoms with E-state index in [2.05, 4.69) is 15.0 Å². The first kappa shape index (κ1) is 33.8. The first-order chi connectivity index (χ1) is 23.4. The van der Waals surface area contributed by atoms with Gasteiger partial charge in [-0.2, -0.15) is 0 Å². The molecular weight excluding hydrogens is 665 g/mol. The van der Waals surface area contributed by atoms with Crippen LogP contribution < -0.4 is 20.4 Å². The van der Waals surface area contributed by atoms with E-state index in [4.69, 9.17) is 16.0 Å². The van der Waals surface area contributed by atoms with Crippen molar-refractivity contribution in [3.63, 3.8) is 0 Å². The molecule has 1 atom stereocenters. The summed E-state index contributed by atoms with van der Waals surface area (Å²) in [7, 11) is 0. The molecule has 2 aliphatic rings. The van der Waals surface area contributed by atoms with Crippen molar-refractivity contribution in [2.45, 2.75) is 38.2 Å². The van der Waals surface area contributed by atoms with Crippen LogP contribution in [0.3, 0.4) is 0 Å². The van der Waals surface area contributed by atoms with Crippen LogP contribution >= 0.6 is 11.6 Å². The zero-order valence-electron chi connectivity index (χ0n) is 26.2. The normalized spacial score (nSPS) is 15.8. The number of fused-ring (bicyclic) bond motifs is 1. The maximum atomic E-state index is 14.0. The molecule has 256 valence electrons. The molecule has 10 nitrogen and oxygen atoms in total. The average Bonchev–Trinajstić information content (AvgIpc) is 3.48. The quantitative estimate of drug-likeness (QED) is 0.258. The highest BCUT2D eigenvalue weighted by molar-refractivity contribution is 6.30. The molecule has 3 aromatic carbocycles. The molecule has 4 aromatic rings. The van der Waals surface area contributed by atoms with Gasteiger partial charge in [0.2, 0.25) is 11.8 Å². The Morgan fingerprint density at radius 2 is 1.67 bits per heavy atom. The van der Waals surface area contributed by atoms with Crippen molar-refractivity contribution < 1.29 is 36.7 Å². The van der Waals surface area contributed by atoms with Crippen LogP contribution in [0.15, 0.2) is 82.0 Å². The number of carbonyl (C=O) groups excluding carboxylic acids is 3. The summed E-state index contributed by atoms with van der Waals surface area (Å²) in [4.78, 5) is 58.2. The van der Waals surface area contributed by atoms with Crippen molar-refractivity contribution in [1.82, 2.24) is 15.1 Å². The molecule has 0 unspecified atom stereocenters. The van der Waals surface area contributed by atoms with Crippen LogP contribution in [0, 0.1) is 0 Å². The highest BCUT2D eigenvalue weighted by Crippen LogP contribution is 2.27. The fourth-order valence-electron chi connectivity index (χ4n) is 6.15. The highest BCUT2D eigenvalue weighted by Gasteiger charge is 2.33. The first-order valence-electron chi connectivity index (χ1n) is 15.7. The fraction of sp³-hybridized carbons (Fsp3) is 0.314. The van der Waals surface area contributed by atoms with Gasteiger partial charge in [0.15, 0.2) is 11.2 Å². The Bertz CT molecular complexity index is 1930. The van der Waals surface area contributed by atoms with E-state index in [1.165, 1.54) is 0 Å². The number of alkyl halides is 3. The zero-order valence-corrected chi connectivity index (χ0v) is 26.9. The lowest BCUT2D eigenvalue weighted by molar-refractivity contribution is -0.274. The number of amides is 3. The molecule has 14 heteroatoms. The Kier molecular flexibility index (Phi) is 9.81. The Morgan fingerprint density at radius 1 is 0.939 bits per heavy atom. The lowest BCUT2D eigenvalue weighted by atomic mass is 10.0. The summed E-state index contributed by atoms with van der Waals surface area (Å²) < 4.78 is 47.5. The molecule has 0 spiro atoms. The fourth-order valence-corrected chi connectivity index (χ4v) is 6.27. The lowest BCUT2D eigenvalue weighted by Crippen LogP contribution is -2.55. The molecule has 49 heavy (non-hydrogen) atoms. The number of carbonyl (C=O) groups is 3. The number of nitrogens with zero attached hydrogens (tertiary/aromatic N) is 3. The van der Waals surface area contributed by atoms with E-state index < -0.39 is 35.2 Å². The summed E-state index contributed by atoms with van der Waals surface area (Å²) in [6.07, 6.45) is -3.43. The molecule has 2 fully saturated rings. The molecule has 3 amide bonds. The van der Waals surface area contributed by atoms with Gasteiger partial charge in [0, 0.05) is 68.9 Å². The van der Waals surface area contributed by atoms with E-state index in [1.54, 1.807) is 29.2 Å². The predicted octanol–water partition coefficient (Wildman–Crippen LogP) is 5.16. The molecule has 1 aromatic heterocycles. The van der Waals surface area contributed by atoms with Gasteiger partial charge in [-0.15, -0.1) is 13.2 Å². The smallest absolute Gasteiger partial charge is 0.451 e. The van der Waals surface area contributed by atoms with E-state index in [-0.39, 0.29) is 29.2 Å². The van der Waals surface area contributed by atoms with Crippen molar-refractivity contribution in [2.75, 3.05) is 37.6 Å². The van der Waals surface area contributed by atoms with Crippen LogP contribution in [0.25, 0.3) is 11.0 Å². The van der Waals surface area contributed by atoms with Gasteiger partial charge < -0.3 is 29.2 Å². The van der Waals surface area contributed by atoms with Crippen LogP contribution in [-0.2, 0) is 22.6 Å². The number of anilines is 1. The van der Waals surface area contributed by atoms with Crippen LogP contribution in [0.5, 0.6) is 5.75 Å². The number of nitrogens with one attached hydrogen (secondary N) is 1. The molecule has 2 saturated heterocycles. The standard InChI is InChI=1S/C35H32ClF3N4O6/c36-24-9-7-22(8-10-24)18-27(40-33(46)31-20-29(44)26-19-25(49-35(37,38)39)11-12-30(26)48-31)34(47)42-16-14-41(15-17-42)28-5-2-1-4-23(28)21-43-13-3-6-32(43)45/h1-2,4-5,7-12,19-20,27H,3,6,13-18,21H2,(H,40,46)/t27-/m1/s1. The number of benzene rings is 3. The van der Waals surface area contributed by atoms with Crippen LogP contribution in [0.4, 0.5) is 18.9 Å². The first-order valence-corrected chi connectivity index (χ1v) is 16.1. The summed E-state index contributed by atoms with van der Waals surface area (Å²) in [6, 6.07) is 17.5. The molecule has 6 rings (SSSR count). The third-order valence-electron chi connectivity index (χ3n) is 8.57. The van der Waals surface area contributed by atoms with Crippen LogP contribution in [-0.4, -0.2) is 72.6 Å². The second-order valence-corrected chi connectivity index (χ2v) is 12.3. The Hall–Kier alpha value is -5.04. The Balaban J connectivity index is 1.18. The minimum Gasteiger partial charge on any atom is -0.451 e. The third-order valence-corrected chi connectivity index (χ3v) is 8.82. The van der Waals surface area contributed by atoms with E-state index in [0.717, 1.165) is 54.0 Å². The summed E-state index contributed by atoms with van der Waals surface area (Å²) >= 11 is 6.06. The van der Waals surface area contributed by atoms with E-state index in [9.17, 15) is 32.3 Å². The average molecular weight is 697 g/mol. The number of para-hydroxylation sites is 1. The predicted molar refractivity (Wildman–Crippen MR) is 175 cm³/mol. The number of halogens is 4. The van der Waals surface area contributed by atoms with Crippen LogP contribution in [0.2, 0.25) is 5.02 Å². The minimum absolute atomic E-state index is 0.116. The Morgan fingerprint density at radius 3 is 2.37 bits per heavy atom. The number of likely N-dealkylation sites (tertiary alicyclic amines) is 1. The van der Waals surface area contributed by atoms with Crippen molar-refractivity contribution in [3.05, 3.63) is 105 Å². The van der Waals surface area contributed by atoms with Gasteiger partial charge in [-0.3, -0.25) is 19.2 Å². The number of hydrogen-bond acceptors (Lipinski definition) is 7. The minimum atomic E-state index is -4.95. The monoisotopic (exact) mass is 696 g/mol. The number of rotatable bonds is 9. The third kappa shape index (κ3) is 8.16. The lowest BCUT2D eigenvalue weighted by Gasteiger charge is -2.38. The summed E-state index contributed by atoms with van der Waals surface area (Å²) in [5, 5.41) is 3.00. The number of ether oxygens (including phenoxy) is 1. The topological polar surface area (TPSA) is 112 Å². The SMILES string of the molecule is O=C(N[C@H](Cc1ccc(Cl)cc1)C(=O)N1CCN(c2ccccc2CN2CCCC2=O)CC1)c1cc(=O)c2cc(OC(F)(F)F)ccc2o1. The Labute approximate surface area is 284 Å². The molecule has 0 aliphatic carbocycles. The van der Waals surface area contributed by atoms with E-state index >= 15 is 0 Å². The van der Waals surface area contributed by atoms with Crippen LogP contribution in [0.1, 0.15) is 34.5 Å².